The molecule has 1 aliphatic carbocycles. The van der Waals surface area contributed by atoms with Crippen LogP contribution in [0.25, 0.3) is 11.1 Å². The summed E-state index contributed by atoms with van der Waals surface area (Å²) in [6.07, 6.45) is 4.26. The molecule has 0 bridgehead atoms. The van der Waals surface area contributed by atoms with Crippen molar-refractivity contribution in [2.75, 3.05) is 6.54 Å². The first-order valence-electron chi connectivity index (χ1n) is 10.9. The van der Waals surface area contributed by atoms with Crippen molar-refractivity contribution in [3.8, 4) is 11.1 Å². The molecule has 2 aromatic carbocycles. The molecule has 3 atom stereocenters. The lowest BCUT2D eigenvalue weighted by Gasteiger charge is -2.24. The number of carbonyl (C=O) groups is 3. The zero-order valence-electron chi connectivity index (χ0n) is 17.8. The van der Waals surface area contributed by atoms with Gasteiger partial charge in [0.05, 0.1) is 17.0 Å². The monoisotopic (exact) mass is 458 g/mol. The van der Waals surface area contributed by atoms with E-state index in [1.54, 1.807) is 11.8 Å². The molecule has 1 N–H and O–H groups in total. The van der Waals surface area contributed by atoms with E-state index in [9.17, 15) is 19.5 Å². The molecule has 0 spiro atoms. The smallest absolute Gasteiger partial charge is 0.307 e. The first-order chi connectivity index (χ1) is 16.0. The van der Waals surface area contributed by atoms with Gasteiger partial charge in [-0.1, -0.05) is 42.5 Å². The minimum Gasteiger partial charge on any atom is -0.481 e. The van der Waals surface area contributed by atoms with Crippen LogP contribution in [-0.4, -0.2) is 44.6 Å². The normalized spacial score (nSPS) is 21.9. The van der Waals surface area contributed by atoms with Crippen LogP contribution in [0.2, 0.25) is 0 Å². The molecule has 1 aliphatic heterocycles. The van der Waals surface area contributed by atoms with Crippen LogP contribution in [0.4, 0.5) is 0 Å². The van der Waals surface area contributed by atoms with Crippen LogP contribution >= 0.6 is 11.8 Å². The summed E-state index contributed by atoms with van der Waals surface area (Å²) < 4.78 is 0. The van der Waals surface area contributed by atoms with Gasteiger partial charge in [-0.3, -0.25) is 24.3 Å². The number of thioether (sulfide) groups is 1. The number of aromatic nitrogens is 1. The molecule has 0 saturated heterocycles. The van der Waals surface area contributed by atoms with Crippen LogP contribution in [0, 0.1) is 11.8 Å². The van der Waals surface area contributed by atoms with E-state index in [0.717, 1.165) is 22.4 Å². The molecule has 1 saturated carbocycles. The molecule has 2 amide bonds. The van der Waals surface area contributed by atoms with Crippen LogP contribution in [0.15, 0.2) is 78.0 Å². The summed E-state index contributed by atoms with van der Waals surface area (Å²) in [6, 6.07) is 19.8. The van der Waals surface area contributed by atoms with Crippen molar-refractivity contribution in [3.05, 3.63) is 84.2 Å². The van der Waals surface area contributed by atoms with Gasteiger partial charge in [-0.25, -0.2) is 0 Å². The Bertz CT molecular complexity index is 1180. The average Bonchev–Trinajstić information content (AvgIpc) is 3.34. The lowest BCUT2D eigenvalue weighted by Crippen LogP contribution is -2.38. The molecule has 6 nitrogen and oxygen atoms in total. The number of nitrogens with zero attached hydrogens (tertiary/aromatic N) is 2. The highest BCUT2D eigenvalue weighted by Crippen LogP contribution is 2.44. The summed E-state index contributed by atoms with van der Waals surface area (Å²) in [5.74, 6) is -2.55. The summed E-state index contributed by atoms with van der Waals surface area (Å²) in [6.45, 7) is 0.118. The van der Waals surface area contributed by atoms with Crippen LogP contribution in [0.3, 0.4) is 0 Å². The van der Waals surface area contributed by atoms with E-state index in [0.29, 0.717) is 12.0 Å². The summed E-state index contributed by atoms with van der Waals surface area (Å²) >= 11 is 1.56. The third-order valence-corrected chi connectivity index (χ3v) is 7.83. The largest absolute Gasteiger partial charge is 0.481 e. The van der Waals surface area contributed by atoms with E-state index in [1.165, 1.54) is 23.4 Å². The van der Waals surface area contributed by atoms with Crippen molar-refractivity contribution < 1.29 is 19.5 Å². The third-order valence-electron chi connectivity index (χ3n) is 6.45. The van der Waals surface area contributed by atoms with Gasteiger partial charge < -0.3 is 5.11 Å². The molecule has 2 aliphatic rings. The number of hydrogen-bond donors (Lipinski definition) is 1. The van der Waals surface area contributed by atoms with Gasteiger partial charge in [-0.2, -0.15) is 0 Å². The van der Waals surface area contributed by atoms with Crippen LogP contribution < -0.4 is 0 Å². The molecular weight excluding hydrogens is 436 g/mol. The maximum Gasteiger partial charge on any atom is 0.307 e. The molecule has 166 valence electrons. The Labute approximate surface area is 195 Å². The van der Waals surface area contributed by atoms with Gasteiger partial charge >= 0.3 is 5.97 Å². The van der Waals surface area contributed by atoms with Crippen molar-refractivity contribution in [1.29, 1.82) is 0 Å². The highest BCUT2D eigenvalue weighted by atomic mass is 32.2. The van der Waals surface area contributed by atoms with E-state index < -0.39 is 11.9 Å². The highest BCUT2D eigenvalue weighted by molar-refractivity contribution is 8.00. The van der Waals surface area contributed by atoms with Crippen LogP contribution in [0.1, 0.15) is 33.6 Å². The fraction of sp³-hybridized carbons (Fsp3) is 0.231. The number of benzene rings is 2. The predicted octanol–water partition coefficient (Wildman–Crippen LogP) is 4.62. The Morgan fingerprint density at radius 2 is 1.64 bits per heavy atom. The number of hydrogen-bond acceptors (Lipinski definition) is 5. The molecule has 1 fully saturated rings. The molecule has 3 aromatic rings. The standard InChI is InChI=1S/C26H22N2O4S/c29-24-20-12-13-27-14-21(20)25(30)28(24)15-18-8-11-22(23(18)26(31)32)33-19-9-6-17(7-10-19)16-4-2-1-3-5-16/h1-7,9-10,12-14,18,22-23H,8,11,15H2,(H,31,32)/t18-,22-,23-/m0/s1. The second kappa shape index (κ2) is 8.83. The maximum atomic E-state index is 12.7. The average molecular weight is 459 g/mol. The molecule has 5 rings (SSSR count). The molecule has 33 heavy (non-hydrogen) atoms. The van der Waals surface area contributed by atoms with Gasteiger partial charge in [0.25, 0.3) is 11.8 Å². The number of carboxylic acid groups (broad SMARTS) is 1. The second-order valence-electron chi connectivity index (χ2n) is 8.39. The fourth-order valence-electron chi connectivity index (χ4n) is 4.80. The van der Waals surface area contributed by atoms with Crippen molar-refractivity contribution in [2.24, 2.45) is 11.8 Å². The van der Waals surface area contributed by atoms with E-state index >= 15 is 0 Å². The minimum absolute atomic E-state index is 0.118. The highest BCUT2D eigenvalue weighted by Gasteiger charge is 2.45. The Morgan fingerprint density at radius 1 is 0.939 bits per heavy atom. The first-order valence-corrected chi connectivity index (χ1v) is 11.8. The van der Waals surface area contributed by atoms with E-state index in [1.807, 2.05) is 42.5 Å². The minimum atomic E-state index is -0.880. The van der Waals surface area contributed by atoms with Gasteiger partial charge in [0, 0.05) is 29.1 Å². The molecule has 7 heteroatoms. The van der Waals surface area contributed by atoms with Crippen molar-refractivity contribution in [3.63, 3.8) is 0 Å². The summed E-state index contributed by atoms with van der Waals surface area (Å²) in [5, 5.41) is 9.87. The number of amides is 2. The Morgan fingerprint density at radius 3 is 2.33 bits per heavy atom. The zero-order valence-corrected chi connectivity index (χ0v) is 18.6. The SMILES string of the molecule is O=C(O)[C@H]1[C@H](CN2C(=O)c3ccncc3C2=O)CC[C@@H]1Sc1ccc(-c2ccccc2)cc1. The van der Waals surface area contributed by atoms with E-state index in [4.69, 9.17) is 0 Å². The molecule has 2 heterocycles. The Kier molecular flexibility index (Phi) is 5.72. The second-order valence-corrected chi connectivity index (χ2v) is 9.70. The van der Waals surface area contributed by atoms with Crippen LogP contribution in [0.5, 0.6) is 0 Å². The van der Waals surface area contributed by atoms with Gasteiger partial charge in [0.2, 0.25) is 0 Å². The zero-order chi connectivity index (χ0) is 22.9. The number of aliphatic carboxylic acids is 1. The van der Waals surface area contributed by atoms with E-state index in [-0.39, 0.29) is 35.1 Å². The van der Waals surface area contributed by atoms with Gasteiger partial charge in [0.15, 0.2) is 0 Å². The lowest BCUT2D eigenvalue weighted by molar-refractivity contribution is -0.142. The van der Waals surface area contributed by atoms with Gasteiger partial charge in [-0.15, -0.1) is 11.8 Å². The van der Waals surface area contributed by atoms with Gasteiger partial charge in [0.1, 0.15) is 0 Å². The number of rotatable bonds is 6. The first kappa shape index (κ1) is 21.4. The predicted molar refractivity (Wildman–Crippen MR) is 125 cm³/mol. The Balaban J connectivity index is 1.29. The number of imide groups is 1. The van der Waals surface area contributed by atoms with Crippen molar-refractivity contribution in [1.82, 2.24) is 9.88 Å². The molecule has 0 radical (unpaired) electrons. The summed E-state index contributed by atoms with van der Waals surface area (Å²) in [7, 11) is 0. The molecule has 1 aromatic heterocycles. The number of carboxylic acids is 1. The summed E-state index contributed by atoms with van der Waals surface area (Å²) in [4.78, 5) is 43.8. The van der Waals surface area contributed by atoms with E-state index in [2.05, 4.69) is 17.1 Å². The number of pyridine rings is 1. The van der Waals surface area contributed by atoms with Gasteiger partial charge in [-0.05, 0) is 48.1 Å². The lowest BCUT2D eigenvalue weighted by atomic mass is 9.95. The van der Waals surface area contributed by atoms with Crippen molar-refractivity contribution in [2.45, 2.75) is 23.0 Å². The topological polar surface area (TPSA) is 87.6 Å². The summed E-state index contributed by atoms with van der Waals surface area (Å²) in [5.41, 5.74) is 2.87. The van der Waals surface area contributed by atoms with Crippen molar-refractivity contribution >= 4 is 29.5 Å². The molecular formula is C26H22N2O4S. The third kappa shape index (κ3) is 4.04. The Hall–Kier alpha value is -3.45. The quantitative estimate of drug-likeness (QED) is 0.543. The number of fused-ring (bicyclic) bond motifs is 1. The fourth-order valence-corrected chi connectivity index (χ4v) is 6.19. The van der Waals surface area contributed by atoms with Crippen LogP contribution in [-0.2, 0) is 4.79 Å². The maximum absolute atomic E-state index is 12.7. The molecule has 0 unspecified atom stereocenters. The number of carbonyl (C=O) groups excluding carboxylic acids is 2.